The summed E-state index contributed by atoms with van der Waals surface area (Å²) in [6, 6.07) is -0.483. The van der Waals surface area contributed by atoms with Crippen LogP contribution in [0.15, 0.2) is 12.4 Å². The zero-order valence-electron chi connectivity index (χ0n) is 24.6. The predicted molar refractivity (Wildman–Crippen MR) is 159 cm³/mol. The summed E-state index contributed by atoms with van der Waals surface area (Å²) in [5, 5.41) is 8.96. The van der Waals surface area contributed by atoms with Crippen molar-refractivity contribution < 1.29 is 9.59 Å². The van der Waals surface area contributed by atoms with Crippen molar-refractivity contribution in [1.29, 1.82) is 0 Å². The Balaban J connectivity index is 3.92. The Morgan fingerprint density at radius 3 is 1.54 bits per heavy atom. The third-order valence-electron chi connectivity index (χ3n) is 7.01. The Morgan fingerprint density at radius 1 is 0.622 bits per heavy atom. The van der Waals surface area contributed by atoms with E-state index in [0.29, 0.717) is 31.8 Å². The second-order valence-corrected chi connectivity index (χ2v) is 10.8. The minimum atomic E-state index is -0.483. The average Bonchev–Trinajstić information content (AvgIpc) is 2.87. The van der Waals surface area contributed by atoms with Crippen molar-refractivity contribution in [1.82, 2.24) is 16.0 Å². The quantitative estimate of drug-likeness (QED) is 0.0815. The number of unbranched alkanes of at least 4 members (excludes halogenated alkanes) is 17. The lowest BCUT2D eigenvalue weighted by molar-refractivity contribution is -0.129. The zero-order chi connectivity index (χ0) is 27.4. The van der Waals surface area contributed by atoms with Crippen molar-refractivity contribution in [3.8, 4) is 0 Å². The molecule has 218 valence electrons. The first kappa shape index (κ1) is 35.3. The third-order valence-corrected chi connectivity index (χ3v) is 7.01. The van der Waals surface area contributed by atoms with Crippen LogP contribution in [-0.2, 0) is 9.59 Å². The van der Waals surface area contributed by atoms with E-state index in [0.717, 1.165) is 32.1 Å². The van der Waals surface area contributed by atoms with E-state index in [2.05, 4.69) is 36.4 Å². The molecule has 0 heterocycles. The van der Waals surface area contributed by atoms with Crippen molar-refractivity contribution >= 4 is 11.8 Å². The van der Waals surface area contributed by atoms with Gasteiger partial charge in [0.05, 0.1) is 5.82 Å². The lowest BCUT2D eigenvalue weighted by Gasteiger charge is -2.19. The second-order valence-electron chi connectivity index (χ2n) is 10.8. The number of hydrogen-bond donors (Lipinski definition) is 4. The van der Waals surface area contributed by atoms with Crippen LogP contribution in [0.2, 0.25) is 0 Å². The normalized spacial score (nSPS) is 11.7. The van der Waals surface area contributed by atoms with Gasteiger partial charge in [0, 0.05) is 19.5 Å². The monoisotopic (exact) mass is 522 g/mol. The summed E-state index contributed by atoms with van der Waals surface area (Å²) in [5.74, 6) is 0.332. The highest BCUT2D eigenvalue weighted by molar-refractivity contribution is 5.87. The number of rotatable bonds is 28. The van der Waals surface area contributed by atoms with E-state index in [1.807, 2.05) is 0 Å². The molecule has 0 saturated carbocycles. The van der Waals surface area contributed by atoms with Crippen LogP contribution in [0.3, 0.4) is 0 Å². The van der Waals surface area contributed by atoms with Crippen LogP contribution >= 0.6 is 0 Å². The molecule has 5 N–H and O–H groups in total. The molecule has 37 heavy (non-hydrogen) atoms. The van der Waals surface area contributed by atoms with Crippen LogP contribution in [0.1, 0.15) is 155 Å². The van der Waals surface area contributed by atoms with Crippen molar-refractivity contribution in [3.05, 3.63) is 12.4 Å². The topological polar surface area (TPSA) is 96.2 Å². The van der Waals surface area contributed by atoms with E-state index in [-0.39, 0.29) is 11.8 Å². The molecule has 0 aliphatic carbocycles. The van der Waals surface area contributed by atoms with E-state index >= 15 is 0 Å². The van der Waals surface area contributed by atoms with Crippen LogP contribution in [0, 0.1) is 0 Å². The number of carbonyl (C=O) groups excluding carboxylic acids is 2. The molecule has 1 unspecified atom stereocenters. The molecule has 0 fully saturated rings. The lowest BCUT2D eigenvalue weighted by Crippen LogP contribution is -2.47. The van der Waals surface area contributed by atoms with Crippen LogP contribution in [0.4, 0.5) is 0 Å². The summed E-state index contributed by atoms with van der Waals surface area (Å²) in [6.07, 6.45) is 25.9. The number of amides is 2. The van der Waals surface area contributed by atoms with Gasteiger partial charge in [0.25, 0.3) is 0 Å². The molecule has 0 aromatic heterocycles. The fraction of sp³-hybridized carbons (Fsp3) is 0.871. The summed E-state index contributed by atoms with van der Waals surface area (Å²) in [4.78, 5) is 25.2. The average molecular weight is 523 g/mol. The van der Waals surface area contributed by atoms with E-state index in [4.69, 9.17) is 5.73 Å². The van der Waals surface area contributed by atoms with Gasteiger partial charge in [-0.2, -0.15) is 0 Å². The Kier molecular flexibility index (Phi) is 26.0. The Hall–Kier alpha value is -1.72. The molecule has 0 bridgehead atoms. The van der Waals surface area contributed by atoms with Crippen LogP contribution in [-0.4, -0.2) is 30.9 Å². The predicted octanol–water partition coefficient (Wildman–Crippen LogP) is 7.23. The highest BCUT2D eigenvalue weighted by Crippen LogP contribution is 2.14. The number of nitrogens with two attached hydrogens (primary N) is 1. The first-order valence-electron chi connectivity index (χ1n) is 15.8. The zero-order valence-corrected chi connectivity index (χ0v) is 24.6. The van der Waals surface area contributed by atoms with Gasteiger partial charge in [-0.25, -0.2) is 0 Å². The molecule has 0 saturated heterocycles. The number of carbonyl (C=O) groups is 2. The maximum Gasteiger partial charge on any atom is 0.242 e. The molecule has 2 amide bonds. The summed E-state index contributed by atoms with van der Waals surface area (Å²) in [6.45, 7) is 9.39. The van der Waals surface area contributed by atoms with Gasteiger partial charge in [-0.05, 0) is 25.7 Å². The fourth-order valence-corrected chi connectivity index (χ4v) is 4.63. The van der Waals surface area contributed by atoms with Gasteiger partial charge in [-0.3, -0.25) is 9.59 Å². The fourth-order valence-electron chi connectivity index (χ4n) is 4.63. The molecule has 0 aromatic carbocycles. The molecule has 0 rings (SSSR count). The Morgan fingerprint density at radius 2 is 1.05 bits per heavy atom. The van der Waals surface area contributed by atoms with Crippen LogP contribution in [0.25, 0.3) is 0 Å². The van der Waals surface area contributed by atoms with Gasteiger partial charge < -0.3 is 21.7 Å². The molecule has 0 spiro atoms. The number of hydrogen-bond acceptors (Lipinski definition) is 4. The van der Waals surface area contributed by atoms with Gasteiger partial charge in [0.15, 0.2) is 0 Å². The second kappa shape index (κ2) is 27.3. The maximum absolute atomic E-state index is 12.7. The van der Waals surface area contributed by atoms with Gasteiger partial charge >= 0.3 is 0 Å². The van der Waals surface area contributed by atoms with Gasteiger partial charge in [0.1, 0.15) is 6.04 Å². The highest BCUT2D eigenvalue weighted by atomic mass is 16.2. The van der Waals surface area contributed by atoms with Gasteiger partial charge in [-0.15, -0.1) is 0 Å². The van der Waals surface area contributed by atoms with E-state index in [1.165, 1.54) is 96.3 Å². The third kappa shape index (κ3) is 25.7. The lowest BCUT2D eigenvalue weighted by atomic mass is 10.0. The molecular weight excluding hydrogens is 460 g/mol. The molecule has 6 heteroatoms. The minimum absolute atomic E-state index is 0.0166. The number of nitrogens with one attached hydrogen (secondary N) is 3. The summed E-state index contributed by atoms with van der Waals surface area (Å²) >= 11 is 0. The van der Waals surface area contributed by atoms with Crippen molar-refractivity contribution in [3.63, 3.8) is 0 Å². The van der Waals surface area contributed by atoms with Crippen molar-refractivity contribution in [2.24, 2.45) is 5.73 Å². The van der Waals surface area contributed by atoms with Crippen molar-refractivity contribution in [2.75, 3.05) is 13.1 Å². The molecule has 0 aliphatic heterocycles. The van der Waals surface area contributed by atoms with Gasteiger partial charge in [-0.1, -0.05) is 130 Å². The first-order valence-corrected chi connectivity index (χ1v) is 15.8. The first-order chi connectivity index (χ1) is 18.0. The molecule has 0 aromatic rings. The highest BCUT2D eigenvalue weighted by Gasteiger charge is 2.19. The maximum atomic E-state index is 12.7. The summed E-state index contributed by atoms with van der Waals surface area (Å²) < 4.78 is 0. The minimum Gasteiger partial charge on any atom is -0.386 e. The SMILES string of the molecule is C=C(N)NCCCC(NC(=O)CCCCCCCCCCCCCCCCC)C(=O)NCCCCCC. The van der Waals surface area contributed by atoms with E-state index in [9.17, 15) is 9.59 Å². The summed E-state index contributed by atoms with van der Waals surface area (Å²) in [7, 11) is 0. The molecule has 0 aliphatic rings. The van der Waals surface area contributed by atoms with Crippen LogP contribution < -0.4 is 21.7 Å². The molecule has 1 atom stereocenters. The Bertz CT molecular complexity index is 553. The molecular formula is C31H62N4O2. The van der Waals surface area contributed by atoms with Gasteiger partial charge in [0.2, 0.25) is 11.8 Å². The Labute approximate surface area is 229 Å². The van der Waals surface area contributed by atoms with E-state index < -0.39 is 6.04 Å². The molecule has 6 nitrogen and oxygen atoms in total. The molecule has 0 radical (unpaired) electrons. The van der Waals surface area contributed by atoms with E-state index in [1.54, 1.807) is 0 Å². The standard InChI is InChI=1S/C31H62N4O2/c1-4-6-8-10-11-12-13-14-15-16-17-18-19-20-21-25-30(36)35-29(24-23-27-33-28(3)32)31(37)34-26-22-9-7-5-2/h29,33H,3-27,32H2,1-2H3,(H,34,37)(H,35,36). The summed E-state index contributed by atoms with van der Waals surface area (Å²) in [5.41, 5.74) is 5.55. The van der Waals surface area contributed by atoms with Crippen molar-refractivity contribution in [2.45, 2.75) is 161 Å². The largest absolute Gasteiger partial charge is 0.386 e. The smallest absolute Gasteiger partial charge is 0.242 e. The van der Waals surface area contributed by atoms with Crippen LogP contribution in [0.5, 0.6) is 0 Å².